The van der Waals surface area contributed by atoms with Crippen molar-refractivity contribution in [1.82, 2.24) is 4.90 Å². The Morgan fingerprint density at radius 3 is 2.54 bits per heavy atom. The Balaban J connectivity index is 1.67. The fourth-order valence-corrected chi connectivity index (χ4v) is 3.75. The number of amides is 1. The molecule has 3 rings (SSSR count). The highest BCUT2D eigenvalue weighted by Gasteiger charge is 2.29. The molecule has 1 saturated heterocycles. The highest BCUT2D eigenvalue weighted by atomic mass is 35.5. The van der Waals surface area contributed by atoms with Crippen LogP contribution in [0.4, 0.5) is 0 Å². The van der Waals surface area contributed by atoms with Crippen molar-refractivity contribution >= 4 is 52.1 Å². The fraction of sp³-hybridized carbons (Fsp3) is 0.158. The first-order valence-corrected chi connectivity index (χ1v) is 9.36. The molecule has 0 bridgehead atoms. The second kappa shape index (κ2) is 8.16. The van der Waals surface area contributed by atoms with Crippen LogP contribution in [0.25, 0.3) is 6.08 Å². The lowest BCUT2D eigenvalue weighted by Crippen LogP contribution is -2.23. The summed E-state index contributed by atoms with van der Waals surface area (Å²) < 4.78 is 5.76. The summed E-state index contributed by atoms with van der Waals surface area (Å²) in [7, 11) is 3.39. The first-order valence-electron chi connectivity index (χ1n) is 7.79. The second-order valence-electron chi connectivity index (χ2n) is 5.57. The van der Waals surface area contributed by atoms with Crippen molar-refractivity contribution in [2.24, 2.45) is 4.99 Å². The Morgan fingerprint density at radius 2 is 1.92 bits per heavy atom. The molecule has 0 spiro atoms. The van der Waals surface area contributed by atoms with Crippen molar-refractivity contribution < 1.29 is 9.53 Å². The number of carbonyl (C=O) groups excluding carboxylic acids is 1. The van der Waals surface area contributed by atoms with Gasteiger partial charge in [0.15, 0.2) is 5.17 Å². The summed E-state index contributed by atoms with van der Waals surface area (Å²) in [6.07, 6.45) is 1.85. The largest absolute Gasteiger partial charge is 0.489 e. The average Bonchev–Trinajstić information content (AvgIpc) is 2.90. The van der Waals surface area contributed by atoms with Crippen molar-refractivity contribution in [3.8, 4) is 5.75 Å². The fourth-order valence-electron chi connectivity index (χ4n) is 2.36. The van der Waals surface area contributed by atoms with Crippen LogP contribution in [0, 0.1) is 0 Å². The van der Waals surface area contributed by atoms with Gasteiger partial charge in [-0.3, -0.25) is 14.7 Å². The van der Waals surface area contributed by atoms with Crippen LogP contribution in [0.5, 0.6) is 5.75 Å². The van der Waals surface area contributed by atoms with Crippen LogP contribution in [0.15, 0.2) is 52.4 Å². The number of amidine groups is 1. The topological polar surface area (TPSA) is 41.9 Å². The van der Waals surface area contributed by atoms with Gasteiger partial charge in [-0.2, -0.15) is 0 Å². The summed E-state index contributed by atoms with van der Waals surface area (Å²) in [6, 6.07) is 12.8. The maximum atomic E-state index is 12.2. The van der Waals surface area contributed by atoms with Gasteiger partial charge in [0, 0.05) is 29.7 Å². The summed E-state index contributed by atoms with van der Waals surface area (Å²) in [6.45, 7) is 0.353. The molecule has 1 heterocycles. The van der Waals surface area contributed by atoms with Crippen molar-refractivity contribution in [3.63, 3.8) is 0 Å². The highest BCUT2D eigenvalue weighted by molar-refractivity contribution is 8.18. The van der Waals surface area contributed by atoms with Crippen molar-refractivity contribution in [2.75, 3.05) is 14.1 Å². The molecule has 0 aliphatic carbocycles. The van der Waals surface area contributed by atoms with Gasteiger partial charge in [-0.15, -0.1) is 0 Å². The van der Waals surface area contributed by atoms with E-state index in [1.807, 2.05) is 36.4 Å². The highest BCUT2D eigenvalue weighted by Crippen LogP contribution is 2.31. The van der Waals surface area contributed by atoms with Crippen LogP contribution < -0.4 is 4.74 Å². The molecule has 1 amide bonds. The quantitative estimate of drug-likeness (QED) is 0.662. The molecular weight excluding hydrogens is 391 g/mol. The number of likely N-dealkylation sites (N-methyl/N-ethyl adjacent to an activating group) is 1. The lowest BCUT2D eigenvalue weighted by atomic mass is 10.2. The number of benzene rings is 2. The van der Waals surface area contributed by atoms with Gasteiger partial charge in [-0.05, 0) is 47.7 Å². The molecule has 2 aromatic carbocycles. The van der Waals surface area contributed by atoms with E-state index in [9.17, 15) is 4.79 Å². The number of nitrogens with zero attached hydrogens (tertiary/aromatic N) is 2. The Hall–Kier alpha value is -1.95. The molecule has 7 heteroatoms. The van der Waals surface area contributed by atoms with Gasteiger partial charge in [-0.25, -0.2) is 0 Å². The van der Waals surface area contributed by atoms with Gasteiger partial charge < -0.3 is 4.74 Å². The molecule has 0 saturated carbocycles. The lowest BCUT2D eigenvalue weighted by Gasteiger charge is -2.08. The second-order valence-corrected chi connectivity index (χ2v) is 7.43. The maximum Gasteiger partial charge on any atom is 0.266 e. The molecule has 134 valence electrons. The number of aliphatic imine (C=N–C) groups is 1. The normalized spacial score (nSPS) is 17.4. The SMILES string of the molecule is CN=C1S/C(=C\c2ccc(OCc3ccc(Cl)cc3Cl)cc2)C(=O)N1C. The number of carbonyl (C=O) groups is 1. The van der Waals surface area contributed by atoms with E-state index in [-0.39, 0.29) is 5.91 Å². The molecule has 0 N–H and O–H groups in total. The van der Waals surface area contributed by atoms with Crippen molar-refractivity contribution in [1.29, 1.82) is 0 Å². The number of hydrogen-bond acceptors (Lipinski definition) is 4. The van der Waals surface area contributed by atoms with E-state index in [1.165, 1.54) is 11.8 Å². The van der Waals surface area contributed by atoms with Gasteiger partial charge >= 0.3 is 0 Å². The van der Waals surface area contributed by atoms with Crippen molar-refractivity contribution in [3.05, 3.63) is 68.5 Å². The standard InChI is InChI=1S/C19H16Cl2N2O2S/c1-22-19-23(2)18(24)17(26-19)9-12-3-7-15(8-4-12)25-11-13-5-6-14(20)10-16(13)21/h3-10H,11H2,1-2H3/b17-9-,22-19?. The Kier molecular flexibility index (Phi) is 5.91. The van der Waals surface area contributed by atoms with E-state index in [2.05, 4.69) is 4.99 Å². The minimum Gasteiger partial charge on any atom is -0.489 e. The summed E-state index contributed by atoms with van der Waals surface area (Å²) in [5.74, 6) is 0.671. The first kappa shape index (κ1) is 18.8. The zero-order chi connectivity index (χ0) is 18.7. The van der Waals surface area contributed by atoms with Crippen LogP contribution in [-0.2, 0) is 11.4 Å². The molecule has 0 aromatic heterocycles. The van der Waals surface area contributed by atoms with E-state index in [0.29, 0.717) is 26.7 Å². The molecule has 4 nitrogen and oxygen atoms in total. The Labute approximate surface area is 166 Å². The molecule has 0 radical (unpaired) electrons. The smallest absolute Gasteiger partial charge is 0.266 e. The van der Waals surface area contributed by atoms with Gasteiger partial charge in [0.25, 0.3) is 5.91 Å². The van der Waals surface area contributed by atoms with E-state index in [0.717, 1.165) is 16.9 Å². The third-order valence-electron chi connectivity index (χ3n) is 3.78. The monoisotopic (exact) mass is 406 g/mol. The molecule has 1 aliphatic heterocycles. The molecular formula is C19H16Cl2N2O2S. The third-order valence-corrected chi connectivity index (χ3v) is 5.52. The lowest BCUT2D eigenvalue weighted by molar-refractivity contribution is -0.121. The summed E-state index contributed by atoms with van der Waals surface area (Å²) >= 11 is 13.4. The van der Waals surface area contributed by atoms with Crippen LogP contribution in [0.2, 0.25) is 10.0 Å². The van der Waals surface area contributed by atoms with E-state index in [1.54, 1.807) is 31.1 Å². The summed E-state index contributed by atoms with van der Waals surface area (Å²) in [5.41, 5.74) is 1.79. The van der Waals surface area contributed by atoms with E-state index in [4.69, 9.17) is 27.9 Å². The van der Waals surface area contributed by atoms with E-state index < -0.39 is 0 Å². The Morgan fingerprint density at radius 1 is 1.19 bits per heavy atom. The van der Waals surface area contributed by atoms with Crippen LogP contribution in [-0.4, -0.2) is 30.1 Å². The van der Waals surface area contributed by atoms with Crippen LogP contribution in [0.1, 0.15) is 11.1 Å². The van der Waals surface area contributed by atoms with Crippen LogP contribution >= 0.6 is 35.0 Å². The van der Waals surface area contributed by atoms with E-state index >= 15 is 0 Å². The zero-order valence-electron chi connectivity index (χ0n) is 14.2. The van der Waals surface area contributed by atoms with Gasteiger partial charge in [-0.1, -0.05) is 41.4 Å². The van der Waals surface area contributed by atoms with Gasteiger partial charge in [0.1, 0.15) is 12.4 Å². The van der Waals surface area contributed by atoms with Crippen molar-refractivity contribution in [2.45, 2.75) is 6.61 Å². The summed E-state index contributed by atoms with van der Waals surface area (Å²) in [5, 5.41) is 1.87. The molecule has 26 heavy (non-hydrogen) atoms. The predicted octanol–water partition coefficient (Wildman–Crippen LogP) is 5.10. The van der Waals surface area contributed by atoms with Gasteiger partial charge in [0.05, 0.1) is 4.91 Å². The molecule has 0 unspecified atom stereocenters. The predicted molar refractivity (Wildman–Crippen MR) is 109 cm³/mol. The number of halogens is 2. The molecule has 1 aliphatic rings. The van der Waals surface area contributed by atoms with Crippen LogP contribution in [0.3, 0.4) is 0 Å². The Bertz CT molecular complexity index is 895. The molecule has 1 fully saturated rings. The zero-order valence-corrected chi connectivity index (χ0v) is 16.5. The number of rotatable bonds is 4. The molecule has 0 atom stereocenters. The maximum absolute atomic E-state index is 12.2. The summed E-state index contributed by atoms with van der Waals surface area (Å²) in [4.78, 5) is 18.5. The average molecular weight is 407 g/mol. The number of thioether (sulfide) groups is 1. The minimum absolute atomic E-state index is 0.0479. The minimum atomic E-state index is -0.0479. The number of ether oxygens (including phenoxy) is 1. The number of hydrogen-bond donors (Lipinski definition) is 0. The first-order chi connectivity index (χ1) is 12.5. The third kappa shape index (κ3) is 4.23. The van der Waals surface area contributed by atoms with Gasteiger partial charge in [0.2, 0.25) is 0 Å². The molecule has 2 aromatic rings.